The number of benzene rings is 1. The number of rotatable bonds is 4. The molecule has 0 radical (unpaired) electrons. The Morgan fingerprint density at radius 2 is 2.08 bits per heavy atom. The van der Waals surface area contributed by atoms with Crippen molar-refractivity contribution in [2.45, 2.75) is 19.9 Å². The SMILES string of the molecule is Cc1ccc2c(c1C)OCC2NC(=O)N(C)CCN1CCOCC1. The van der Waals surface area contributed by atoms with Crippen molar-refractivity contribution in [3.63, 3.8) is 0 Å². The lowest BCUT2D eigenvalue weighted by atomic mass is 10.0. The summed E-state index contributed by atoms with van der Waals surface area (Å²) in [5.74, 6) is 0.927. The number of ether oxygens (including phenoxy) is 2. The van der Waals surface area contributed by atoms with Crippen LogP contribution in [0.2, 0.25) is 0 Å². The molecule has 1 aromatic rings. The van der Waals surface area contributed by atoms with E-state index in [1.165, 1.54) is 5.56 Å². The molecule has 1 saturated heterocycles. The molecule has 0 spiro atoms. The lowest BCUT2D eigenvalue weighted by molar-refractivity contribution is 0.0356. The van der Waals surface area contributed by atoms with Crippen molar-refractivity contribution in [2.75, 3.05) is 53.0 Å². The van der Waals surface area contributed by atoms with Crippen LogP contribution in [0.3, 0.4) is 0 Å². The Labute approximate surface area is 143 Å². The highest BCUT2D eigenvalue weighted by Crippen LogP contribution is 2.36. The van der Waals surface area contributed by atoms with Crippen LogP contribution in [-0.2, 0) is 4.74 Å². The maximum atomic E-state index is 12.4. The fourth-order valence-electron chi connectivity index (χ4n) is 3.13. The standard InChI is InChI=1S/C18H27N3O3/c1-13-4-5-15-16(12-24-17(15)14(13)2)19-18(22)20(3)6-7-21-8-10-23-11-9-21/h4-5,16H,6-12H2,1-3H3,(H,19,22). The van der Waals surface area contributed by atoms with Crippen LogP contribution in [0.25, 0.3) is 0 Å². The second-order valence-electron chi connectivity index (χ2n) is 6.61. The summed E-state index contributed by atoms with van der Waals surface area (Å²) in [6, 6.07) is 4.02. The number of carbonyl (C=O) groups is 1. The molecular formula is C18H27N3O3. The predicted octanol–water partition coefficient (Wildman–Crippen LogP) is 1.71. The zero-order chi connectivity index (χ0) is 17.1. The monoisotopic (exact) mass is 333 g/mol. The first-order valence-electron chi connectivity index (χ1n) is 8.61. The molecule has 2 aliphatic heterocycles. The van der Waals surface area contributed by atoms with Crippen LogP contribution < -0.4 is 10.1 Å². The van der Waals surface area contributed by atoms with Gasteiger partial charge in [0.2, 0.25) is 0 Å². The third-order valence-corrected chi connectivity index (χ3v) is 4.98. The van der Waals surface area contributed by atoms with E-state index < -0.39 is 0 Å². The van der Waals surface area contributed by atoms with Gasteiger partial charge < -0.3 is 19.7 Å². The van der Waals surface area contributed by atoms with E-state index in [2.05, 4.69) is 36.2 Å². The van der Waals surface area contributed by atoms with Gasteiger partial charge in [-0.3, -0.25) is 4.90 Å². The summed E-state index contributed by atoms with van der Waals surface area (Å²) in [7, 11) is 1.84. The molecule has 0 bridgehead atoms. The molecule has 24 heavy (non-hydrogen) atoms. The highest BCUT2D eigenvalue weighted by atomic mass is 16.5. The Hall–Kier alpha value is -1.79. The number of nitrogens with zero attached hydrogens (tertiary/aromatic N) is 2. The van der Waals surface area contributed by atoms with Gasteiger partial charge in [0.15, 0.2) is 0 Å². The van der Waals surface area contributed by atoms with Gasteiger partial charge in [0, 0.05) is 38.8 Å². The van der Waals surface area contributed by atoms with Crippen LogP contribution in [0, 0.1) is 13.8 Å². The Bertz CT molecular complexity index is 599. The minimum atomic E-state index is -0.0716. The lowest BCUT2D eigenvalue weighted by Crippen LogP contribution is -2.45. The number of fused-ring (bicyclic) bond motifs is 1. The fraction of sp³-hybridized carbons (Fsp3) is 0.611. The predicted molar refractivity (Wildman–Crippen MR) is 92.6 cm³/mol. The van der Waals surface area contributed by atoms with Gasteiger partial charge in [-0.05, 0) is 25.0 Å². The van der Waals surface area contributed by atoms with Gasteiger partial charge >= 0.3 is 6.03 Å². The summed E-state index contributed by atoms with van der Waals surface area (Å²) in [6.07, 6.45) is 0. The number of hydrogen-bond donors (Lipinski definition) is 1. The molecule has 2 heterocycles. The van der Waals surface area contributed by atoms with Gasteiger partial charge in [0.05, 0.1) is 19.3 Å². The first-order valence-corrected chi connectivity index (χ1v) is 8.61. The van der Waals surface area contributed by atoms with Crippen molar-refractivity contribution in [1.82, 2.24) is 15.1 Å². The molecule has 6 heteroatoms. The van der Waals surface area contributed by atoms with Crippen LogP contribution in [-0.4, -0.2) is 68.9 Å². The summed E-state index contributed by atoms with van der Waals surface area (Å²) in [5, 5.41) is 3.09. The molecule has 2 amide bonds. The van der Waals surface area contributed by atoms with Crippen molar-refractivity contribution in [2.24, 2.45) is 0 Å². The minimum absolute atomic E-state index is 0.0528. The quantitative estimate of drug-likeness (QED) is 0.911. The molecule has 6 nitrogen and oxygen atoms in total. The van der Waals surface area contributed by atoms with Crippen molar-refractivity contribution in [3.05, 3.63) is 28.8 Å². The van der Waals surface area contributed by atoms with E-state index in [-0.39, 0.29) is 12.1 Å². The minimum Gasteiger partial charge on any atom is -0.490 e. The molecule has 0 aliphatic carbocycles. The van der Waals surface area contributed by atoms with Crippen molar-refractivity contribution in [3.8, 4) is 5.75 Å². The van der Waals surface area contributed by atoms with E-state index in [1.54, 1.807) is 4.90 Å². The number of morpholine rings is 1. The van der Waals surface area contributed by atoms with Crippen LogP contribution in [0.5, 0.6) is 5.75 Å². The van der Waals surface area contributed by atoms with Gasteiger partial charge in [-0.2, -0.15) is 0 Å². The average Bonchev–Trinajstić information content (AvgIpc) is 3.00. The second kappa shape index (κ2) is 7.40. The number of hydrogen-bond acceptors (Lipinski definition) is 4. The van der Waals surface area contributed by atoms with Crippen LogP contribution >= 0.6 is 0 Å². The second-order valence-corrected chi connectivity index (χ2v) is 6.61. The summed E-state index contributed by atoms with van der Waals surface area (Å²) >= 11 is 0. The van der Waals surface area contributed by atoms with Crippen LogP contribution in [0.15, 0.2) is 12.1 Å². The van der Waals surface area contributed by atoms with Crippen molar-refractivity contribution < 1.29 is 14.3 Å². The summed E-state index contributed by atoms with van der Waals surface area (Å²) in [5.41, 5.74) is 3.45. The molecule has 0 aromatic heterocycles. The number of likely N-dealkylation sites (N-methyl/N-ethyl adjacent to an activating group) is 1. The molecular weight excluding hydrogens is 306 g/mol. The number of carbonyl (C=O) groups excluding carboxylic acids is 1. The molecule has 3 rings (SSSR count). The molecule has 1 unspecified atom stereocenters. The fourth-order valence-corrected chi connectivity index (χ4v) is 3.13. The normalized spacial score (nSPS) is 20.4. The average molecular weight is 333 g/mol. The Morgan fingerprint density at radius 3 is 2.83 bits per heavy atom. The summed E-state index contributed by atoms with van der Waals surface area (Å²) in [6.45, 7) is 9.67. The van der Waals surface area contributed by atoms with E-state index in [9.17, 15) is 4.79 Å². The first-order chi connectivity index (χ1) is 11.6. The van der Waals surface area contributed by atoms with E-state index in [0.717, 1.165) is 49.7 Å². The Kier molecular flexibility index (Phi) is 5.26. The third kappa shape index (κ3) is 3.65. The molecule has 0 saturated carbocycles. The van der Waals surface area contributed by atoms with Gasteiger partial charge in [-0.1, -0.05) is 12.1 Å². The van der Waals surface area contributed by atoms with Gasteiger partial charge in [0.1, 0.15) is 12.4 Å². The zero-order valence-corrected chi connectivity index (χ0v) is 14.8. The molecule has 1 atom stereocenters. The topological polar surface area (TPSA) is 54.0 Å². The first kappa shape index (κ1) is 17.0. The van der Waals surface area contributed by atoms with E-state index in [1.807, 2.05) is 7.05 Å². The van der Waals surface area contributed by atoms with Crippen LogP contribution in [0.1, 0.15) is 22.7 Å². The largest absolute Gasteiger partial charge is 0.490 e. The molecule has 1 fully saturated rings. The number of nitrogens with one attached hydrogen (secondary N) is 1. The molecule has 1 aromatic carbocycles. The number of aryl methyl sites for hydroxylation is 1. The van der Waals surface area contributed by atoms with E-state index in [0.29, 0.717) is 13.2 Å². The van der Waals surface area contributed by atoms with E-state index in [4.69, 9.17) is 9.47 Å². The summed E-state index contributed by atoms with van der Waals surface area (Å²) < 4.78 is 11.1. The maximum absolute atomic E-state index is 12.4. The van der Waals surface area contributed by atoms with Gasteiger partial charge in [0.25, 0.3) is 0 Å². The molecule has 132 valence electrons. The van der Waals surface area contributed by atoms with Gasteiger partial charge in [-0.15, -0.1) is 0 Å². The third-order valence-electron chi connectivity index (χ3n) is 4.98. The zero-order valence-electron chi connectivity index (χ0n) is 14.8. The smallest absolute Gasteiger partial charge is 0.317 e. The maximum Gasteiger partial charge on any atom is 0.317 e. The van der Waals surface area contributed by atoms with Crippen LogP contribution in [0.4, 0.5) is 4.79 Å². The van der Waals surface area contributed by atoms with Crippen molar-refractivity contribution in [1.29, 1.82) is 0 Å². The molecule has 2 aliphatic rings. The van der Waals surface area contributed by atoms with Gasteiger partial charge in [-0.25, -0.2) is 4.79 Å². The Balaban J connectivity index is 1.53. The highest BCUT2D eigenvalue weighted by molar-refractivity contribution is 5.75. The van der Waals surface area contributed by atoms with E-state index >= 15 is 0 Å². The van der Waals surface area contributed by atoms with Crippen molar-refractivity contribution >= 4 is 6.03 Å². The molecule has 1 N–H and O–H groups in total. The number of urea groups is 1. The number of amides is 2. The highest BCUT2D eigenvalue weighted by Gasteiger charge is 2.28. The lowest BCUT2D eigenvalue weighted by Gasteiger charge is -2.29. The summed E-state index contributed by atoms with van der Waals surface area (Å²) in [4.78, 5) is 16.5. The Morgan fingerprint density at radius 1 is 1.33 bits per heavy atom.